The van der Waals surface area contributed by atoms with Gasteiger partial charge in [-0.05, 0) is 12.8 Å². The number of halogens is 1. The number of ether oxygens (including phenoxy) is 1. The molecule has 0 bridgehead atoms. The lowest BCUT2D eigenvalue weighted by Gasteiger charge is -2.14. The molecule has 0 aromatic carbocycles. The van der Waals surface area contributed by atoms with Gasteiger partial charge in [0.1, 0.15) is 0 Å². The van der Waals surface area contributed by atoms with Crippen molar-refractivity contribution in [1.82, 2.24) is 4.98 Å². The van der Waals surface area contributed by atoms with Gasteiger partial charge in [-0.2, -0.15) is 0 Å². The van der Waals surface area contributed by atoms with Crippen LogP contribution >= 0.6 is 22.9 Å². The molecule has 5 nitrogen and oxygen atoms in total. The lowest BCUT2D eigenvalue weighted by atomic mass is 10.2. The zero-order chi connectivity index (χ0) is 12.8. The maximum Gasteiger partial charge on any atom is 0.351 e. The Hall–Kier alpha value is -0.850. The van der Waals surface area contributed by atoms with E-state index in [2.05, 4.69) is 15.0 Å². The Morgan fingerprint density at radius 2 is 2.41 bits per heavy atom. The van der Waals surface area contributed by atoms with Gasteiger partial charge in [0.2, 0.25) is 0 Å². The summed E-state index contributed by atoms with van der Waals surface area (Å²) in [6, 6.07) is 0.118. The van der Waals surface area contributed by atoms with Crippen molar-refractivity contribution >= 4 is 34.0 Å². The summed E-state index contributed by atoms with van der Waals surface area (Å²) in [6.45, 7) is 2.11. The average Bonchev–Trinajstić information content (AvgIpc) is 2.68. The number of esters is 1. The number of methoxy groups -OCH3 is 1. The first-order chi connectivity index (χ1) is 8.12. The van der Waals surface area contributed by atoms with Crippen molar-refractivity contribution in [3.8, 4) is 0 Å². The first-order valence-corrected chi connectivity index (χ1v) is 6.43. The number of aliphatic hydroxyl groups excluding tert-OH is 1. The van der Waals surface area contributed by atoms with Crippen LogP contribution in [-0.2, 0) is 4.74 Å². The molecule has 1 heterocycles. The van der Waals surface area contributed by atoms with Crippen LogP contribution in [0.4, 0.5) is 5.13 Å². The van der Waals surface area contributed by atoms with Gasteiger partial charge in [-0.15, -0.1) is 0 Å². The first kappa shape index (κ1) is 14.2. The second kappa shape index (κ2) is 6.78. The quantitative estimate of drug-likeness (QED) is 0.780. The van der Waals surface area contributed by atoms with Crippen LogP contribution < -0.4 is 5.32 Å². The third kappa shape index (κ3) is 3.83. The smallest absolute Gasteiger partial charge is 0.351 e. The number of nitrogens with one attached hydrogen (secondary N) is 1. The number of anilines is 1. The Morgan fingerprint density at radius 3 is 2.94 bits per heavy atom. The maximum atomic E-state index is 11.3. The predicted molar refractivity (Wildman–Crippen MR) is 67.9 cm³/mol. The molecule has 0 aliphatic heterocycles. The molecular weight excluding hydrogens is 264 g/mol. The highest BCUT2D eigenvalue weighted by Crippen LogP contribution is 2.28. The molecule has 1 aromatic rings. The highest BCUT2D eigenvalue weighted by atomic mass is 35.5. The molecular formula is C10H15ClN2O3S. The normalized spacial score (nSPS) is 12.2. The maximum absolute atomic E-state index is 11.3. The van der Waals surface area contributed by atoms with Crippen LogP contribution in [0.3, 0.4) is 0 Å². The molecule has 2 N–H and O–H groups in total. The van der Waals surface area contributed by atoms with E-state index in [1.807, 2.05) is 6.92 Å². The van der Waals surface area contributed by atoms with Gasteiger partial charge in [0, 0.05) is 12.6 Å². The largest absolute Gasteiger partial charge is 0.465 e. The van der Waals surface area contributed by atoms with E-state index in [9.17, 15) is 4.79 Å². The summed E-state index contributed by atoms with van der Waals surface area (Å²) in [5.41, 5.74) is 0. The van der Waals surface area contributed by atoms with Crippen LogP contribution in [0.2, 0.25) is 5.15 Å². The van der Waals surface area contributed by atoms with Gasteiger partial charge in [-0.3, -0.25) is 0 Å². The van der Waals surface area contributed by atoms with Crippen molar-refractivity contribution < 1.29 is 14.6 Å². The fourth-order valence-corrected chi connectivity index (χ4v) is 2.47. The number of hydrogen-bond donors (Lipinski definition) is 2. The molecule has 1 atom stereocenters. The van der Waals surface area contributed by atoms with Crippen molar-refractivity contribution in [2.45, 2.75) is 25.8 Å². The van der Waals surface area contributed by atoms with Crippen LogP contribution in [-0.4, -0.2) is 35.8 Å². The summed E-state index contributed by atoms with van der Waals surface area (Å²) >= 11 is 6.98. The van der Waals surface area contributed by atoms with Crippen molar-refractivity contribution in [2.24, 2.45) is 0 Å². The standard InChI is InChI=1S/C10H15ClN2O3S/c1-3-6(4-5-14)12-10-13-8(11)7(17-10)9(15)16-2/h6,14H,3-5H2,1-2H3,(H,12,13). The number of aliphatic hydroxyl groups is 1. The number of carbonyl (C=O) groups is 1. The van der Waals surface area contributed by atoms with Gasteiger partial charge >= 0.3 is 5.97 Å². The van der Waals surface area contributed by atoms with E-state index in [1.54, 1.807) is 0 Å². The zero-order valence-corrected chi connectivity index (χ0v) is 11.3. The molecule has 0 spiro atoms. The van der Waals surface area contributed by atoms with E-state index < -0.39 is 5.97 Å². The molecule has 0 amide bonds. The first-order valence-electron chi connectivity index (χ1n) is 5.24. The summed E-state index contributed by atoms with van der Waals surface area (Å²) in [5, 5.41) is 12.7. The van der Waals surface area contributed by atoms with Crippen molar-refractivity contribution in [2.75, 3.05) is 19.0 Å². The number of hydrogen-bond acceptors (Lipinski definition) is 6. The SMILES string of the molecule is CCC(CCO)Nc1nc(Cl)c(C(=O)OC)s1. The fraction of sp³-hybridized carbons (Fsp3) is 0.600. The summed E-state index contributed by atoms with van der Waals surface area (Å²) < 4.78 is 4.59. The monoisotopic (exact) mass is 278 g/mol. The minimum atomic E-state index is -0.490. The molecule has 0 radical (unpaired) electrons. The van der Waals surface area contributed by atoms with E-state index >= 15 is 0 Å². The van der Waals surface area contributed by atoms with Crippen LogP contribution in [0, 0.1) is 0 Å². The molecule has 0 aliphatic rings. The minimum absolute atomic E-state index is 0.106. The van der Waals surface area contributed by atoms with Crippen LogP contribution in [0.5, 0.6) is 0 Å². The lowest BCUT2D eigenvalue weighted by Crippen LogP contribution is -2.19. The second-order valence-electron chi connectivity index (χ2n) is 3.39. The molecule has 1 aromatic heterocycles. The second-order valence-corrected chi connectivity index (χ2v) is 4.75. The third-order valence-corrected chi connectivity index (χ3v) is 3.61. The minimum Gasteiger partial charge on any atom is -0.465 e. The average molecular weight is 279 g/mol. The summed E-state index contributed by atoms with van der Waals surface area (Å²) in [7, 11) is 1.30. The van der Waals surface area contributed by atoms with Crippen molar-refractivity contribution in [3.05, 3.63) is 10.0 Å². The van der Waals surface area contributed by atoms with Crippen LogP contribution in [0.1, 0.15) is 29.4 Å². The number of aromatic nitrogens is 1. The van der Waals surface area contributed by atoms with Gasteiger partial charge in [-0.25, -0.2) is 9.78 Å². The van der Waals surface area contributed by atoms with Crippen molar-refractivity contribution in [3.63, 3.8) is 0 Å². The summed E-state index contributed by atoms with van der Waals surface area (Å²) in [4.78, 5) is 15.7. The van der Waals surface area contributed by atoms with Crippen molar-refractivity contribution in [1.29, 1.82) is 0 Å². The summed E-state index contributed by atoms with van der Waals surface area (Å²) in [5.74, 6) is -0.490. The van der Waals surface area contributed by atoms with E-state index in [0.29, 0.717) is 11.6 Å². The highest BCUT2D eigenvalue weighted by Gasteiger charge is 2.18. The molecule has 1 rings (SSSR count). The molecule has 17 heavy (non-hydrogen) atoms. The van der Waals surface area contributed by atoms with Gasteiger partial charge in [0.05, 0.1) is 7.11 Å². The fourth-order valence-electron chi connectivity index (χ4n) is 1.29. The Kier molecular flexibility index (Phi) is 5.67. The van der Waals surface area contributed by atoms with E-state index in [-0.39, 0.29) is 22.7 Å². The van der Waals surface area contributed by atoms with Gasteiger partial charge in [-0.1, -0.05) is 29.9 Å². The zero-order valence-electron chi connectivity index (χ0n) is 9.70. The Balaban J connectivity index is 2.75. The van der Waals surface area contributed by atoms with E-state index in [4.69, 9.17) is 16.7 Å². The van der Waals surface area contributed by atoms with E-state index in [1.165, 1.54) is 7.11 Å². The molecule has 0 fully saturated rings. The number of thiazole rings is 1. The number of carbonyl (C=O) groups excluding carboxylic acids is 1. The molecule has 0 saturated heterocycles. The molecule has 96 valence electrons. The highest BCUT2D eigenvalue weighted by molar-refractivity contribution is 7.18. The molecule has 0 aliphatic carbocycles. The van der Waals surface area contributed by atoms with Gasteiger partial charge in [0.25, 0.3) is 0 Å². The van der Waals surface area contributed by atoms with Gasteiger partial charge in [0.15, 0.2) is 15.2 Å². The number of rotatable bonds is 6. The molecule has 7 heteroatoms. The molecule has 1 unspecified atom stereocenters. The summed E-state index contributed by atoms with van der Waals surface area (Å²) in [6.07, 6.45) is 1.48. The van der Waals surface area contributed by atoms with Gasteiger partial charge < -0.3 is 15.2 Å². The molecule has 0 saturated carbocycles. The Bertz CT molecular complexity index is 384. The Morgan fingerprint density at radius 1 is 1.71 bits per heavy atom. The third-order valence-electron chi connectivity index (χ3n) is 2.25. The topological polar surface area (TPSA) is 71.5 Å². The predicted octanol–water partition coefficient (Wildman–Crippen LogP) is 2.16. The lowest BCUT2D eigenvalue weighted by molar-refractivity contribution is 0.0606. The van der Waals surface area contributed by atoms with E-state index in [0.717, 1.165) is 17.8 Å². The van der Waals surface area contributed by atoms with Crippen LogP contribution in [0.15, 0.2) is 0 Å². The van der Waals surface area contributed by atoms with Crippen LogP contribution in [0.25, 0.3) is 0 Å². The number of nitrogens with zero attached hydrogens (tertiary/aromatic N) is 1. The Labute approximate surface area is 109 Å².